The van der Waals surface area contributed by atoms with Gasteiger partial charge in [-0.3, -0.25) is 0 Å². The maximum atomic E-state index is 5.70. The van der Waals surface area contributed by atoms with Crippen molar-refractivity contribution in [2.45, 2.75) is 33.5 Å². The van der Waals surface area contributed by atoms with Gasteiger partial charge in [0.25, 0.3) is 0 Å². The summed E-state index contributed by atoms with van der Waals surface area (Å²) in [5.41, 5.74) is 3.35. The largest absolute Gasteiger partial charge is 0.494 e. The lowest BCUT2D eigenvalue weighted by molar-refractivity contribution is -0.150. The molecule has 0 spiro atoms. The monoisotopic (exact) mass is 236 g/mol. The van der Waals surface area contributed by atoms with Gasteiger partial charge in [0.05, 0.1) is 19.8 Å². The summed E-state index contributed by atoms with van der Waals surface area (Å²) in [5, 5.41) is 0. The van der Waals surface area contributed by atoms with Crippen molar-refractivity contribution in [2.24, 2.45) is 0 Å². The van der Waals surface area contributed by atoms with Gasteiger partial charge in [0.1, 0.15) is 5.75 Å². The van der Waals surface area contributed by atoms with Crippen LogP contribution in [0.3, 0.4) is 0 Å². The summed E-state index contributed by atoms with van der Waals surface area (Å²) in [6, 6.07) is 4.16. The third-order valence-corrected chi connectivity index (χ3v) is 3.15. The van der Waals surface area contributed by atoms with Crippen molar-refractivity contribution in [3.8, 4) is 5.75 Å². The van der Waals surface area contributed by atoms with Crippen LogP contribution in [-0.2, 0) is 15.3 Å². The minimum Gasteiger partial charge on any atom is -0.494 e. The lowest BCUT2D eigenvalue weighted by Crippen LogP contribution is -2.23. The molecular formula is C14H20O3. The molecule has 3 heteroatoms. The molecule has 1 fully saturated rings. The van der Waals surface area contributed by atoms with Crippen LogP contribution in [0.5, 0.6) is 5.75 Å². The molecule has 1 aromatic rings. The van der Waals surface area contributed by atoms with E-state index in [1.165, 1.54) is 0 Å². The first-order valence-corrected chi connectivity index (χ1v) is 6.09. The summed E-state index contributed by atoms with van der Waals surface area (Å²) < 4.78 is 17.0. The highest BCUT2D eigenvalue weighted by Crippen LogP contribution is 2.35. The van der Waals surface area contributed by atoms with Gasteiger partial charge in [-0.1, -0.05) is 0 Å². The first-order valence-electron chi connectivity index (χ1n) is 6.09. The number of benzene rings is 1. The summed E-state index contributed by atoms with van der Waals surface area (Å²) in [6.07, 6.45) is 0. The summed E-state index contributed by atoms with van der Waals surface area (Å²) in [7, 11) is 0. The highest BCUT2D eigenvalue weighted by Gasteiger charge is 2.34. The normalized spacial score (nSPS) is 18.4. The number of hydrogen-bond acceptors (Lipinski definition) is 3. The van der Waals surface area contributed by atoms with Crippen molar-refractivity contribution >= 4 is 0 Å². The van der Waals surface area contributed by atoms with Gasteiger partial charge in [0, 0.05) is 5.56 Å². The Balaban J connectivity index is 2.39. The van der Waals surface area contributed by atoms with Crippen LogP contribution in [0.4, 0.5) is 0 Å². The van der Waals surface area contributed by atoms with Crippen LogP contribution < -0.4 is 4.74 Å². The van der Waals surface area contributed by atoms with Crippen LogP contribution in [0.25, 0.3) is 0 Å². The molecule has 0 saturated carbocycles. The Kier molecular flexibility index (Phi) is 3.40. The molecule has 0 atom stereocenters. The molecular weight excluding hydrogens is 216 g/mol. The van der Waals surface area contributed by atoms with Crippen LogP contribution in [-0.4, -0.2) is 19.8 Å². The zero-order valence-corrected chi connectivity index (χ0v) is 11.0. The van der Waals surface area contributed by atoms with Crippen molar-refractivity contribution in [3.63, 3.8) is 0 Å². The Morgan fingerprint density at radius 3 is 2.41 bits per heavy atom. The summed E-state index contributed by atoms with van der Waals surface area (Å²) in [6.45, 7) is 10.1. The molecule has 0 aromatic heterocycles. The van der Waals surface area contributed by atoms with Crippen molar-refractivity contribution in [2.75, 3.05) is 19.8 Å². The fourth-order valence-corrected chi connectivity index (χ4v) is 2.26. The number of rotatable bonds is 3. The molecule has 0 unspecified atom stereocenters. The molecule has 1 aliphatic rings. The predicted molar refractivity (Wildman–Crippen MR) is 66.3 cm³/mol. The van der Waals surface area contributed by atoms with Crippen LogP contribution in [0.2, 0.25) is 0 Å². The molecule has 17 heavy (non-hydrogen) atoms. The van der Waals surface area contributed by atoms with Gasteiger partial charge in [-0.15, -0.1) is 0 Å². The Morgan fingerprint density at radius 2 is 1.82 bits per heavy atom. The highest BCUT2D eigenvalue weighted by atomic mass is 16.7. The highest BCUT2D eigenvalue weighted by molar-refractivity contribution is 5.43. The van der Waals surface area contributed by atoms with Crippen LogP contribution in [0.1, 0.15) is 30.5 Å². The smallest absolute Gasteiger partial charge is 0.192 e. The van der Waals surface area contributed by atoms with Gasteiger partial charge in [-0.2, -0.15) is 0 Å². The molecule has 0 radical (unpaired) electrons. The Morgan fingerprint density at radius 1 is 1.18 bits per heavy atom. The summed E-state index contributed by atoms with van der Waals surface area (Å²) >= 11 is 0. The van der Waals surface area contributed by atoms with E-state index in [4.69, 9.17) is 14.2 Å². The van der Waals surface area contributed by atoms with Crippen LogP contribution in [0, 0.1) is 13.8 Å². The molecule has 0 amide bonds. The standard InChI is InChI=1S/C14H20O3/c1-5-15-13-9-10(2)12(8-11(13)3)14(4)16-6-7-17-14/h8-9H,5-7H2,1-4H3. The van der Waals surface area contributed by atoms with E-state index in [2.05, 4.69) is 19.1 Å². The van der Waals surface area contributed by atoms with E-state index in [1.54, 1.807) is 0 Å². The van der Waals surface area contributed by atoms with Gasteiger partial charge in [0.2, 0.25) is 0 Å². The quantitative estimate of drug-likeness (QED) is 0.807. The molecule has 0 N–H and O–H groups in total. The first-order chi connectivity index (χ1) is 8.07. The lowest BCUT2D eigenvalue weighted by Gasteiger charge is -2.25. The van der Waals surface area contributed by atoms with Gasteiger partial charge < -0.3 is 14.2 Å². The SMILES string of the molecule is CCOc1cc(C)c(C2(C)OCCO2)cc1C. The van der Waals surface area contributed by atoms with Gasteiger partial charge >= 0.3 is 0 Å². The van der Waals surface area contributed by atoms with Crippen molar-refractivity contribution in [1.29, 1.82) is 0 Å². The summed E-state index contributed by atoms with van der Waals surface area (Å²) in [4.78, 5) is 0. The third kappa shape index (κ3) is 2.31. The average molecular weight is 236 g/mol. The van der Waals surface area contributed by atoms with E-state index in [0.717, 1.165) is 22.4 Å². The van der Waals surface area contributed by atoms with Gasteiger partial charge in [0.15, 0.2) is 5.79 Å². The van der Waals surface area contributed by atoms with Crippen molar-refractivity contribution < 1.29 is 14.2 Å². The van der Waals surface area contributed by atoms with Crippen LogP contribution >= 0.6 is 0 Å². The van der Waals surface area contributed by atoms with Crippen LogP contribution in [0.15, 0.2) is 12.1 Å². The molecule has 1 aromatic carbocycles. The molecule has 1 heterocycles. The second kappa shape index (κ2) is 4.67. The molecule has 0 bridgehead atoms. The average Bonchev–Trinajstić information content (AvgIpc) is 2.71. The van der Waals surface area contributed by atoms with Gasteiger partial charge in [-0.05, 0) is 51.0 Å². The minimum atomic E-state index is -0.598. The van der Waals surface area contributed by atoms with Crippen molar-refractivity contribution in [1.82, 2.24) is 0 Å². The molecule has 94 valence electrons. The van der Waals surface area contributed by atoms with E-state index in [9.17, 15) is 0 Å². The fourth-order valence-electron chi connectivity index (χ4n) is 2.26. The topological polar surface area (TPSA) is 27.7 Å². The second-order valence-electron chi connectivity index (χ2n) is 4.51. The molecule has 0 aliphatic carbocycles. The Labute approximate surface area is 103 Å². The second-order valence-corrected chi connectivity index (χ2v) is 4.51. The maximum absolute atomic E-state index is 5.70. The van der Waals surface area contributed by atoms with E-state index in [-0.39, 0.29) is 0 Å². The molecule has 1 aliphatic heterocycles. The number of ether oxygens (including phenoxy) is 3. The zero-order chi connectivity index (χ0) is 12.5. The van der Waals surface area contributed by atoms with Crippen molar-refractivity contribution in [3.05, 3.63) is 28.8 Å². The van der Waals surface area contributed by atoms with E-state index in [1.807, 2.05) is 20.8 Å². The number of hydrogen-bond donors (Lipinski definition) is 0. The van der Waals surface area contributed by atoms with Gasteiger partial charge in [-0.25, -0.2) is 0 Å². The lowest BCUT2D eigenvalue weighted by atomic mass is 9.98. The Bertz CT molecular complexity index is 406. The van der Waals surface area contributed by atoms with E-state index < -0.39 is 5.79 Å². The molecule has 2 rings (SSSR count). The number of aryl methyl sites for hydroxylation is 2. The van der Waals surface area contributed by atoms with E-state index in [0.29, 0.717) is 19.8 Å². The third-order valence-electron chi connectivity index (χ3n) is 3.15. The predicted octanol–water partition coefficient (Wildman–Crippen LogP) is 2.92. The Hall–Kier alpha value is -1.06. The minimum absolute atomic E-state index is 0.598. The summed E-state index contributed by atoms with van der Waals surface area (Å²) in [5.74, 6) is 0.343. The first kappa shape index (κ1) is 12.4. The maximum Gasteiger partial charge on any atom is 0.192 e. The molecule has 1 saturated heterocycles. The molecule has 3 nitrogen and oxygen atoms in total. The van der Waals surface area contributed by atoms with E-state index >= 15 is 0 Å². The zero-order valence-electron chi connectivity index (χ0n) is 11.0. The fraction of sp³-hybridized carbons (Fsp3) is 0.571.